The molecule has 2 aromatic carbocycles. The maximum atomic E-state index is 6.10. The molecule has 3 rings (SSSR count). The molecule has 0 atom stereocenters. The van der Waals surface area contributed by atoms with Crippen molar-refractivity contribution >= 4 is 29.2 Å². The van der Waals surface area contributed by atoms with Crippen molar-refractivity contribution in [2.24, 2.45) is 7.05 Å². The van der Waals surface area contributed by atoms with Crippen molar-refractivity contribution in [2.45, 2.75) is 13.5 Å². The summed E-state index contributed by atoms with van der Waals surface area (Å²) in [5.41, 5.74) is 4.44. The van der Waals surface area contributed by atoms with Gasteiger partial charge in [0.2, 0.25) is 5.95 Å². The van der Waals surface area contributed by atoms with E-state index < -0.39 is 0 Å². The van der Waals surface area contributed by atoms with Crippen LogP contribution in [0.15, 0.2) is 48.7 Å². The van der Waals surface area contributed by atoms with Crippen LogP contribution in [0.4, 0.5) is 5.95 Å². The highest BCUT2D eigenvalue weighted by Crippen LogP contribution is 2.29. The predicted molar refractivity (Wildman–Crippen MR) is 97.2 cm³/mol. The standard InChI is InChI=1S/C18H17Cl2N3/c1-12-3-5-13(6-4-12)10-21-18-22-11-17(23(18)2)14-7-8-15(19)16(20)9-14/h3-9,11H,10H2,1-2H3,(H,21,22). The van der Waals surface area contributed by atoms with Crippen molar-refractivity contribution in [1.82, 2.24) is 9.55 Å². The molecule has 3 aromatic rings. The third kappa shape index (κ3) is 3.52. The van der Waals surface area contributed by atoms with Gasteiger partial charge in [-0.2, -0.15) is 0 Å². The van der Waals surface area contributed by atoms with Crippen molar-refractivity contribution in [3.63, 3.8) is 0 Å². The average molecular weight is 346 g/mol. The van der Waals surface area contributed by atoms with Gasteiger partial charge in [-0.1, -0.05) is 59.1 Å². The van der Waals surface area contributed by atoms with Crippen LogP contribution in [0.1, 0.15) is 11.1 Å². The van der Waals surface area contributed by atoms with Crippen molar-refractivity contribution in [3.05, 3.63) is 69.8 Å². The van der Waals surface area contributed by atoms with E-state index in [1.54, 1.807) is 6.07 Å². The fourth-order valence-corrected chi connectivity index (χ4v) is 2.68. The van der Waals surface area contributed by atoms with Gasteiger partial charge in [-0.25, -0.2) is 4.98 Å². The molecule has 0 spiro atoms. The van der Waals surface area contributed by atoms with E-state index in [9.17, 15) is 0 Å². The van der Waals surface area contributed by atoms with E-state index in [0.717, 1.165) is 23.8 Å². The molecule has 0 aliphatic rings. The van der Waals surface area contributed by atoms with Gasteiger partial charge in [0.05, 0.1) is 21.9 Å². The molecule has 3 nitrogen and oxygen atoms in total. The first kappa shape index (κ1) is 15.9. The van der Waals surface area contributed by atoms with E-state index in [1.807, 2.05) is 29.9 Å². The van der Waals surface area contributed by atoms with Crippen LogP contribution in [-0.2, 0) is 13.6 Å². The Bertz CT molecular complexity index is 823. The highest BCUT2D eigenvalue weighted by atomic mass is 35.5. The molecule has 1 heterocycles. The Morgan fingerprint density at radius 3 is 2.48 bits per heavy atom. The minimum Gasteiger partial charge on any atom is -0.352 e. The van der Waals surface area contributed by atoms with E-state index in [1.165, 1.54) is 11.1 Å². The number of hydrogen-bond donors (Lipinski definition) is 1. The van der Waals surface area contributed by atoms with Crippen molar-refractivity contribution < 1.29 is 0 Å². The van der Waals surface area contributed by atoms with E-state index in [0.29, 0.717) is 10.0 Å². The van der Waals surface area contributed by atoms with E-state index in [4.69, 9.17) is 23.2 Å². The first-order chi connectivity index (χ1) is 11.0. The van der Waals surface area contributed by atoms with Crippen LogP contribution < -0.4 is 5.32 Å². The summed E-state index contributed by atoms with van der Waals surface area (Å²) < 4.78 is 2.01. The van der Waals surface area contributed by atoms with E-state index in [2.05, 4.69) is 41.5 Å². The van der Waals surface area contributed by atoms with Crippen molar-refractivity contribution in [2.75, 3.05) is 5.32 Å². The summed E-state index contributed by atoms with van der Waals surface area (Å²) in [6, 6.07) is 14.0. The Balaban J connectivity index is 1.78. The van der Waals surface area contributed by atoms with Crippen LogP contribution in [0, 0.1) is 6.92 Å². The van der Waals surface area contributed by atoms with Gasteiger partial charge in [0, 0.05) is 19.2 Å². The molecule has 5 heteroatoms. The minimum atomic E-state index is 0.541. The van der Waals surface area contributed by atoms with Gasteiger partial charge >= 0.3 is 0 Å². The summed E-state index contributed by atoms with van der Waals surface area (Å²) in [5.74, 6) is 0.812. The molecule has 118 valence electrons. The number of anilines is 1. The molecule has 0 radical (unpaired) electrons. The second-order valence-corrected chi connectivity index (χ2v) is 6.31. The summed E-state index contributed by atoms with van der Waals surface area (Å²) in [7, 11) is 1.97. The molecule has 23 heavy (non-hydrogen) atoms. The SMILES string of the molecule is Cc1ccc(CNc2ncc(-c3ccc(Cl)c(Cl)c3)n2C)cc1. The zero-order chi connectivity index (χ0) is 16.4. The first-order valence-corrected chi connectivity index (χ1v) is 8.07. The second kappa shape index (κ2) is 6.65. The molecule has 0 aliphatic carbocycles. The van der Waals surface area contributed by atoms with Gasteiger partial charge in [-0.15, -0.1) is 0 Å². The molecule has 1 N–H and O–H groups in total. The van der Waals surface area contributed by atoms with Crippen LogP contribution >= 0.6 is 23.2 Å². The van der Waals surface area contributed by atoms with Gasteiger partial charge in [0.15, 0.2) is 0 Å². The number of nitrogens with one attached hydrogen (secondary N) is 1. The Labute approximate surface area is 145 Å². The zero-order valence-corrected chi connectivity index (χ0v) is 14.5. The molecule has 0 aliphatic heterocycles. The number of aryl methyl sites for hydroxylation is 1. The topological polar surface area (TPSA) is 29.9 Å². The highest BCUT2D eigenvalue weighted by Gasteiger charge is 2.10. The first-order valence-electron chi connectivity index (χ1n) is 7.31. The number of imidazole rings is 1. The number of aromatic nitrogens is 2. The van der Waals surface area contributed by atoms with Gasteiger partial charge in [0.1, 0.15) is 0 Å². The van der Waals surface area contributed by atoms with E-state index in [-0.39, 0.29) is 0 Å². The molecular weight excluding hydrogens is 329 g/mol. The smallest absolute Gasteiger partial charge is 0.203 e. The molecule has 0 amide bonds. The molecule has 0 bridgehead atoms. The number of hydrogen-bond acceptors (Lipinski definition) is 2. The summed E-state index contributed by atoms with van der Waals surface area (Å²) in [6.07, 6.45) is 1.83. The number of rotatable bonds is 4. The van der Waals surface area contributed by atoms with Gasteiger partial charge in [-0.3, -0.25) is 0 Å². The largest absolute Gasteiger partial charge is 0.352 e. The lowest BCUT2D eigenvalue weighted by Crippen LogP contribution is -2.05. The van der Waals surface area contributed by atoms with Crippen LogP contribution in [-0.4, -0.2) is 9.55 Å². The Hall–Kier alpha value is -1.97. The van der Waals surface area contributed by atoms with Gasteiger partial charge in [0.25, 0.3) is 0 Å². The summed E-state index contributed by atoms with van der Waals surface area (Å²) in [5, 5.41) is 4.45. The Kier molecular flexibility index (Phi) is 4.60. The minimum absolute atomic E-state index is 0.541. The molecule has 0 unspecified atom stereocenters. The Morgan fingerprint density at radius 2 is 1.78 bits per heavy atom. The summed E-state index contributed by atoms with van der Waals surface area (Å²) in [6.45, 7) is 2.81. The van der Waals surface area contributed by atoms with Gasteiger partial charge < -0.3 is 9.88 Å². The quantitative estimate of drug-likeness (QED) is 0.693. The monoisotopic (exact) mass is 345 g/mol. The van der Waals surface area contributed by atoms with Crippen LogP contribution in [0.25, 0.3) is 11.3 Å². The number of benzene rings is 2. The Morgan fingerprint density at radius 1 is 1.04 bits per heavy atom. The fourth-order valence-electron chi connectivity index (χ4n) is 2.38. The van der Waals surface area contributed by atoms with Crippen LogP contribution in [0.5, 0.6) is 0 Å². The lowest BCUT2D eigenvalue weighted by molar-refractivity contribution is 0.906. The lowest BCUT2D eigenvalue weighted by Gasteiger charge is -2.09. The average Bonchev–Trinajstić information content (AvgIpc) is 2.90. The zero-order valence-electron chi connectivity index (χ0n) is 13.0. The molecular formula is C18H17Cl2N3. The van der Waals surface area contributed by atoms with Crippen LogP contribution in [0.2, 0.25) is 10.0 Å². The summed E-state index contributed by atoms with van der Waals surface area (Å²) >= 11 is 12.1. The molecule has 0 saturated heterocycles. The maximum absolute atomic E-state index is 6.10. The molecule has 0 saturated carbocycles. The van der Waals surface area contributed by atoms with Crippen molar-refractivity contribution in [3.8, 4) is 11.3 Å². The van der Waals surface area contributed by atoms with Gasteiger partial charge in [-0.05, 0) is 24.6 Å². The number of halogens is 2. The fraction of sp³-hybridized carbons (Fsp3) is 0.167. The third-order valence-electron chi connectivity index (χ3n) is 3.77. The predicted octanol–water partition coefficient (Wildman–Crippen LogP) is 5.31. The highest BCUT2D eigenvalue weighted by molar-refractivity contribution is 6.42. The maximum Gasteiger partial charge on any atom is 0.203 e. The summed E-state index contributed by atoms with van der Waals surface area (Å²) in [4.78, 5) is 4.45. The lowest BCUT2D eigenvalue weighted by atomic mass is 10.1. The molecule has 1 aromatic heterocycles. The number of nitrogens with zero attached hydrogens (tertiary/aromatic N) is 2. The van der Waals surface area contributed by atoms with Crippen LogP contribution in [0.3, 0.4) is 0 Å². The molecule has 0 fully saturated rings. The van der Waals surface area contributed by atoms with Crippen molar-refractivity contribution in [1.29, 1.82) is 0 Å². The normalized spacial score (nSPS) is 10.8. The second-order valence-electron chi connectivity index (χ2n) is 5.49. The van der Waals surface area contributed by atoms with E-state index >= 15 is 0 Å². The third-order valence-corrected chi connectivity index (χ3v) is 4.51.